The van der Waals surface area contributed by atoms with Gasteiger partial charge in [0.1, 0.15) is 29.8 Å². The third kappa shape index (κ3) is 10.3. The number of rotatable bonds is 14. The van der Waals surface area contributed by atoms with Crippen molar-refractivity contribution in [3.8, 4) is 0 Å². The van der Waals surface area contributed by atoms with Crippen LogP contribution >= 0.6 is 0 Å². The largest absolute Gasteiger partial charge is 0.393 e. The zero-order valence-electron chi connectivity index (χ0n) is 36.1. The molecular weight excluding hydrogens is 781 g/mol. The van der Waals surface area contributed by atoms with Gasteiger partial charge in [-0.15, -0.1) is 0 Å². The Kier molecular flexibility index (Phi) is 14.6. The van der Waals surface area contributed by atoms with E-state index in [9.17, 15) is 24.0 Å². The van der Waals surface area contributed by atoms with E-state index in [1.165, 1.54) is 0 Å². The van der Waals surface area contributed by atoms with Crippen LogP contribution in [0, 0.1) is 0 Å². The van der Waals surface area contributed by atoms with E-state index in [1.54, 1.807) is 30.9 Å². The van der Waals surface area contributed by atoms with Gasteiger partial charge in [-0.2, -0.15) is 0 Å². The minimum atomic E-state index is -3.12. The number of nitrogens with zero attached hydrogens (tertiary/aromatic N) is 1. The lowest BCUT2D eigenvalue weighted by molar-refractivity contribution is -0.144. The van der Waals surface area contributed by atoms with Crippen molar-refractivity contribution in [2.45, 2.75) is 114 Å². The van der Waals surface area contributed by atoms with E-state index in [-0.39, 0.29) is 36.0 Å². The second-order valence-corrected chi connectivity index (χ2v) is 21.7. The lowest BCUT2D eigenvalue weighted by Gasteiger charge is -2.44. The normalized spacial score (nSPS) is 22.0. The Morgan fingerprint density at radius 3 is 1.97 bits per heavy atom. The summed E-state index contributed by atoms with van der Waals surface area (Å²) in [6, 6.07) is 36.8. The molecule has 0 radical (unpaired) electrons. The van der Waals surface area contributed by atoms with Crippen molar-refractivity contribution >= 4 is 48.1 Å². The summed E-state index contributed by atoms with van der Waals surface area (Å²) in [5.41, 5.74) is 0.281. The van der Waals surface area contributed by atoms with E-state index in [1.807, 2.05) is 97.1 Å². The maximum atomic E-state index is 14.4. The van der Waals surface area contributed by atoms with Gasteiger partial charge in [-0.25, -0.2) is 0 Å². The molecule has 2 aliphatic heterocycles. The van der Waals surface area contributed by atoms with Crippen LogP contribution in [-0.4, -0.2) is 72.8 Å². The number of ketones is 1. The van der Waals surface area contributed by atoms with Gasteiger partial charge in [0.05, 0.1) is 0 Å². The summed E-state index contributed by atoms with van der Waals surface area (Å²) in [6.07, 6.45) is 5.21. The lowest BCUT2D eigenvalue weighted by Crippen LogP contribution is -2.67. The maximum absolute atomic E-state index is 14.4. The van der Waals surface area contributed by atoms with Crippen LogP contribution in [0.25, 0.3) is 0 Å². The minimum absolute atomic E-state index is 0.197. The lowest BCUT2D eigenvalue weighted by atomic mass is 9.94. The highest BCUT2D eigenvalue weighted by molar-refractivity contribution is 6.99. The average Bonchev–Trinajstić information content (AvgIpc) is 3.77. The average molecular weight is 841 g/mol. The molecule has 5 atom stereocenters. The molecule has 320 valence electrons. The van der Waals surface area contributed by atoms with Crippen LogP contribution in [0.5, 0.6) is 0 Å². The summed E-state index contributed by atoms with van der Waals surface area (Å²) in [7, 11) is -3.12. The molecule has 4 aromatic rings. The second-order valence-electron chi connectivity index (χ2n) is 17.4. The molecule has 0 spiro atoms. The Balaban J connectivity index is 1.21. The summed E-state index contributed by atoms with van der Waals surface area (Å²) in [5, 5.41) is 10.6. The Bertz CT molecular complexity index is 2120. The van der Waals surface area contributed by atoms with E-state index in [4.69, 9.17) is 4.43 Å². The smallest absolute Gasteiger partial charge is 0.262 e. The Hall–Kier alpha value is -5.65. The number of carbonyl (C=O) groups is 5. The summed E-state index contributed by atoms with van der Waals surface area (Å²) in [6.45, 7) is 10.4. The Morgan fingerprint density at radius 2 is 1.39 bits per heavy atom. The van der Waals surface area contributed by atoms with Gasteiger partial charge in [-0.05, 0) is 78.1 Å². The van der Waals surface area contributed by atoms with Crippen molar-refractivity contribution in [1.29, 1.82) is 0 Å². The molecule has 2 aliphatic rings. The number of allylic oxidation sites excluding steroid dienone is 1. The van der Waals surface area contributed by atoms with Crippen molar-refractivity contribution in [2.75, 3.05) is 6.54 Å². The van der Waals surface area contributed by atoms with E-state index in [0.717, 1.165) is 21.5 Å². The van der Waals surface area contributed by atoms with E-state index >= 15 is 0 Å². The van der Waals surface area contributed by atoms with Gasteiger partial charge in [0, 0.05) is 13.0 Å². The molecule has 4 aromatic carbocycles. The molecule has 0 saturated carbocycles. The monoisotopic (exact) mass is 840 g/mol. The van der Waals surface area contributed by atoms with Crippen LogP contribution in [0.2, 0.25) is 5.04 Å². The number of amides is 4. The molecule has 2 saturated heterocycles. The van der Waals surface area contributed by atoms with Gasteiger partial charge in [-0.3, -0.25) is 24.0 Å². The Labute approximate surface area is 361 Å². The molecule has 0 aliphatic carbocycles. The SMILES string of the molecule is CCC1(C)NC(=O)[C@H](CCC/C=C/C(=O)[C@H](O[Si](c2ccccc2)(c2ccccc2)C(C)(C)C)c2ccccc2)NC(=O)[C@H]2CCCN2C(=O)[C@H](Cc2ccccc2)NC1=O. The number of carbonyl (C=O) groups excluding carboxylic acids is 5. The van der Waals surface area contributed by atoms with Gasteiger partial charge in [0.15, 0.2) is 5.78 Å². The van der Waals surface area contributed by atoms with Crippen molar-refractivity contribution < 1.29 is 28.4 Å². The van der Waals surface area contributed by atoms with Gasteiger partial charge < -0.3 is 25.3 Å². The maximum Gasteiger partial charge on any atom is 0.262 e. The fourth-order valence-corrected chi connectivity index (χ4v) is 13.2. The third-order valence-corrected chi connectivity index (χ3v) is 17.2. The van der Waals surface area contributed by atoms with Crippen LogP contribution in [0.3, 0.4) is 0 Å². The predicted molar refractivity (Wildman–Crippen MR) is 241 cm³/mol. The topological polar surface area (TPSA) is 134 Å². The van der Waals surface area contributed by atoms with Crippen LogP contribution in [-0.2, 0) is 34.8 Å². The van der Waals surface area contributed by atoms with E-state index < -0.39 is 55.8 Å². The molecule has 11 heteroatoms. The highest BCUT2D eigenvalue weighted by Crippen LogP contribution is 2.40. The first-order chi connectivity index (χ1) is 29.3. The molecule has 2 fully saturated rings. The van der Waals surface area contributed by atoms with Gasteiger partial charge in [-0.1, -0.05) is 155 Å². The molecular formula is C50H60N4O6Si. The van der Waals surface area contributed by atoms with E-state index in [0.29, 0.717) is 32.2 Å². The molecule has 0 aromatic heterocycles. The first kappa shape index (κ1) is 44.9. The van der Waals surface area contributed by atoms with Crippen LogP contribution in [0.1, 0.15) is 90.4 Å². The highest BCUT2D eigenvalue weighted by Gasteiger charge is 2.52. The number of unbranched alkanes of at least 4 members (excludes halogenated alkanes) is 1. The van der Waals surface area contributed by atoms with Crippen LogP contribution < -0.4 is 26.3 Å². The summed E-state index contributed by atoms with van der Waals surface area (Å²) in [5.74, 6) is -1.86. The summed E-state index contributed by atoms with van der Waals surface area (Å²) in [4.78, 5) is 71.9. The number of benzene rings is 4. The van der Waals surface area contributed by atoms with Gasteiger partial charge in [0.2, 0.25) is 23.6 Å². The predicted octanol–water partition coefficient (Wildman–Crippen LogP) is 6.10. The molecule has 61 heavy (non-hydrogen) atoms. The molecule has 10 nitrogen and oxygen atoms in total. The fraction of sp³-hybridized carbons (Fsp3) is 0.380. The zero-order valence-corrected chi connectivity index (χ0v) is 37.1. The summed E-state index contributed by atoms with van der Waals surface area (Å²) >= 11 is 0. The zero-order chi connectivity index (χ0) is 43.6. The standard InChI is InChI=1S/C50H60N4O6Si/c1-6-50(5)48(59)52-41(35-36-23-12-7-13-24-36)47(58)54-34-22-32-42(54)46(57)51-40(45(56)53-50)31-20-11-21-33-43(55)44(37-25-14-8-15-26-37)60-61(49(2,3)4,38-27-16-9-17-28-38)39-29-18-10-19-30-39/h7-10,12-19,21,23-30,33,40-42,44H,6,11,20,22,31-32,34-35H2,1-5H3,(H,51,57)(H,52,59)(H,53,56)/b33-21+/t40-,41-,42+,44+,50?/m0/s1. The first-order valence-electron chi connectivity index (χ1n) is 21.6. The number of fused-ring (bicyclic) bond motifs is 1. The van der Waals surface area contributed by atoms with Crippen LogP contribution in [0.4, 0.5) is 0 Å². The molecule has 4 amide bonds. The molecule has 0 bridgehead atoms. The quantitative estimate of drug-likeness (QED) is 0.0799. The molecule has 1 unspecified atom stereocenters. The van der Waals surface area contributed by atoms with Crippen molar-refractivity contribution in [3.63, 3.8) is 0 Å². The molecule has 6 rings (SSSR count). The Morgan fingerprint density at radius 1 is 0.820 bits per heavy atom. The van der Waals surface area contributed by atoms with Gasteiger partial charge in [0.25, 0.3) is 8.32 Å². The number of hydrogen-bond donors (Lipinski definition) is 3. The third-order valence-electron chi connectivity index (χ3n) is 12.2. The second kappa shape index (κ2) is 19.8. The first-order valence-corrected chi connectivity index (χ1v) is 23.5. The molecule has 3 N–H and O–H groups in total. The van der Waals surface area contributed by atoms with Gasteiger partial charge >= 0.3 is 0 Å². The fourth-order valence-electron chi connectivity index (χ4n) is 8.59. The van der Waals surface area contributed by atoms with Crippen molar-refractivity contribution in [3.05, 3.63) is 145 Å². The summed E-state index contributed by atoms with van der Waals surface area (Å²) < 4.78 is 7.36. The van der Waals surface area contributed by atoms with Crippen molar-refractivity contribution in [2.24, 2.45) is 0 Å². The minimum Gasteiger partial charge on any atom is -0.393 e. The van der Waals surface area contributed by atoms with E-state index in [2.05, 4.69) is 61.0 Å². The number of nitrogens with one attached hydrogen (secondary N) is 3. The molecule has 2 heterocycles. The van der Waals surface area contributed by atoms with Crippen molar-refractivity contribution in [1.82, 2.24) is 20.9 Å². The van der Waals surface area contributed by atoms with Crippen LogP contribution in [0.15, 0.2) is 133 Å². The number of hydrogen-bond acceptors (Lipinski definition) is 6. The highest BCUT2D eigenvalue weighted by atomic mass is 28.4.